The molecule has 1 fully saturated rings. The third-order valence-electron chi connectivity index (χ3n) is 3.53. The summed E-state index contributed by atoms with van der Waals surface area (Å²) < 4.78 is 0. The fraction of sp³-hybridized carbons (Fsp3) is 0.846. The van der Waals surface area contributed by atoms with Gasteiger partial charge >= 0.3 is 12.0 Å². The van der Waals surface area contributed by atoms with Crippen molar-refractivity contribution in [1.29, 1.82) is 0 Å². The predicted molar refractivity (Wildman–Crippen MR) is 69.5 cm³/mol. The van der Waals surface area contributed by atoms with E-state index in [0.717, 1.165) is 25.8 Å². The van der Waals surface area contributed by atoms with Crippen molar-refractivity contribution in [3.63, 3.8) is 0 Å². The molecule has 0 aromatic heterocycles. The maximum Gasteiger partial charge on any atom is 0.320 e. The smallest absolute Gasteiger partial charge is 0.320 e. The second-order valence-electron chi connectivity index (χ2n) is 5.11. The van der Waals surface area contributed by atoms with Crippen LogP contribution in [0.5, 0.6) is 0 Å². The fourth-order valence-corrected chi connectivity index (χ4v) is 2.47. The van der Waals surface area contributed by atoms with E-state index in [-0.39, 0.29) is 18.5 Å². The van der Waals surface area contributed by atoms with Crippen molar-refractivity contribution in [2.75, 3.05) is 13.1 Å². The number of carboxylic acid groups (broad SMARTS) is 1. The van der Waals surface area contributed by atoms with E-state index < -0.39 is 5.97 Å². The fourth-order valence-electron chi connectivity index (χ4n) is 2.47. The van der Waals surface area contributed by atoms with Gasteiger partial charge in [-0.1, -0.05) is 6.92 Å². The van der Waals surface area contributed by atoms with Gasteiger partial charge in [0, 0.05) is 25.2 Å². The summed E-state index contributed by atoms with van der Waals surface area (Å²) in [4.78, 5) is 26.6. The second-order valence-corrected chi connectivity index (χ2v) is 5.11. The Labute approximate surface area is 109 Å². The van der Waals surface area contributed by atoms with Gasteiger partial charge in [-0.2, -0.15) is 0 Å². The maximum atomic E-state index is 12.4. The van der Waals surface area contributed by atoms with Crippen LogP contribution in [0.1, 0.15) is 46.5 Å². The highest BCUT2D eigenvalue weighted by Gasteiger charge is 2.31. The number of hydrogen-bond donors (Lipinski definition) is 1. The van der Waals surface area contributed by atoms with Crippen LogP contribution >= 0.6 is 0 Å². The van der Waals surface area contributed by atoms with Gasteiger partial charge in [-0.25, -0.2) is 4.79 Å². The summed E-state index contributed by atoms with van der Waals surface area (Å²) in [6.45, 7) is 7.03. The summed E-state index contributed by atoms with van der Waals surface area (Å²) in [7, 11) is 0. The van der Waals surface area contributed by atoms with Crippen LogP contribution in [-0.4, -0.2) is 52.1 Å². The van der Waals surface area contributed by atoms with Crippen molar-refractivity contribution < 1.29 is 14.7 Å². The first kappa shape index (κ1) is 14.8. The van der Waals surface area contributed by atoms with Crippen LogP contribution < -0.4 is 0 Å². The molecule has 0 spiro atoms. The average molecular weight is 256 g/mol. The van der Waals surface area contributed by atoms with Crippen molar-refractivity contribution in [3.8, 4) is 0 Å². The van der Waals surface area contributed by atoms with Crippen molar-refractivity contribution in [2.45, 2.75) is 58.5 Å². The molecule has 0 saturated carbocycles. The lowest BCUT2D eigenvalue weighted by Gasteiger charge is -2.33. The molecule has 104 valence electrons. The van der Waals surface area contributed by atoms with Gasteiger partial charge in [0.25, 0.3) is 0 Å². The van der Waals surface area contributed by atoms with E-state index in [2.05, 4.69) is 6.92 Å². The van der Waals surface area contributed by atoms with E-state index in [4.69, 9.17) is 5.11 Å². The Balaban J connectivity index is 2.66. The first-order valence-corrected chi connectivity index (χ1v) is 6.76. The standard InChI is InChI=1S/C13H24N2O3/c1-4-11-6-5-8-15(11)13(18)14(10(2)3)9-7-12(16)17/h10-11H,4-9H2,1-3H3,(H,16,17). The minimum Gasteiger partial charge on any atom is -0.481 e. The van der Waals surface area contributed by atoms with Crippen LogP contribution in [0.3, 0.4) is 0 Å². The number of carboxylic acids is 1. The maximum absolute atomic E-state index is 12.4. The zero-order chi connectivity index (χ0) is 13.7. The quantitative estimate of drug-likeness (QED) is 0.820. The number of carbonyl (C=O) groups excluding carboxylic acids is 1. The van der Waals surface area contributed by atoms with Gasteiger partial charge < -0.3 is 14.9 Å². The number of aliphatic carboxylic acids is 1. The van der Waals surface area contributed by atoms with E-state index in [1.807, 2.05) is 18.7 Å². The first-order valence-electron chi connectivity index (χ1n) is 6.76. The molecule has 1 N–H and O–H groups in total. The second kappa shape index (κ2) is 6.61. The highest BCUT2D eigenvalue weighted by atomic mass is 16.4. The molecule has 0 radical (unpaired) electrons. The molecular formula is C13H24N2O3. The lowest BCUT2D eigenvalue weighted by Crippen LogP contribution is -2.48. The Hall–Kier alpha value is -1.26. The van der Waals surface area contributed by atoms with Gasteiger partial charge in [-0.15, -0.1) is 0 Å². The molecule has 1 atom stereocenters. The topological polar surface area (TPSA) is 60.9 Å². The number of nitrogens with zero attached hydrogens (tertiary/aromatic N) is 2. The van der Waals surface area contributed by atoms with Crippen molar-refractivity contribution in [2.24, 2.45) is 0 Å². The summed E-state index contributed by atoms with van der Waals surface area (Å²) >= 11 is 0. The minimum atomic E-state index is -0.859. The third-order valence-corrected chi connectivity index (χ3v) is 3.53. The Morgan fingerprint density at radius 1 is 1.44 bits per heavy atom. The molecule has 5 nitrogen and oxygen atoms in total. The number of amides is 2. The van der Waals surface area contributed by atoms with E-state index in [1.54, 1.807) is 4.90 Å². The molecule has 0 aliphatic carbocycles. The number of urea groups is 1. The average Bonchev–Trinajstić information content (AvgIpc) is 2.75. The van der Waals surface area contributed by atoms with Crippen LogP contribution in [0, 0.1) is 0 Å². The molecular weight excluding hydrogens is 232 g/mol. The lowest BCUT2D eigenvalue weighted by atomic mass is 10.2. The van der Waals surface area contributed by atoms with Crippen LogP contribution in [0.2, 0.25) is 0 Å². The van der Waals surface area contributed by atoms with E-state index in [0.29, 0.717) is 12.6 Å². The van der Waals surface area contributed by atoms with Crippen LogP contribution in [-0.2, 0) is 4.79 Å². The lowest BCUT2D eigenvalue weighted by molar-refractivity contribution is -0.137. The molecule has 1 rings (SSSR count). The van der Waals surface area contributed by atoms with Gasteiger partial charge in [0.15, 0.2) is 0 Å². The molecule has 1 saturated heterocycles. The van der Waals surface area contributed by atoms with E-state index in [9.17, 15) is 9.59 Å². The number of likely N-dealkylation sites (tertiary alicyclic amines) is 1. The van der Waals surface area contributed by atoms with Crippen LogP contribution in [0.25, 0.3) is 0 Å². The molecule has 0 bridgehead atoms. The highest BCUT2D eigenvalue weighted by Crippen LogP contribution is 2.22. The van der Waals surface area contributed by atoms with Gasteiger partial charge in [-0.05, 0) is 33.1 Å². The molecule has 0 aromatic carbocycles. The number of hydrogen-bond acceptors (Lipinski definition) is 2. The molecule has 0 aromatic rings. The first-order chi connectivity index (χ1) is 8.47. The molecule has 1 aliphatic rings. The molecule has 1 aliphatic heterocycles. The monoisotopic (exact) mass is 256 g/mol. The number of rotatable bonds is 5. The van der Waals surface area contributed by atoms with Crippen molar-refractivity contribution in [3.05, 3.63) is 0 Å². The molecule has 2 amide bonds. The molecule has 5 heteroatoms. The van der Waals surface area contributed by atoms with Gasteiger partial charge in [0.2, 0.25) is 0 Å². The SMILES string of the molecule is CCC1CCCN1C(=O)N(CCC(=O)O)C(C)C. The molecule has 18 heavy (non-hydrogen) atoms. The van der Waals surface area contributed by atoms with Crippen LogP contribution in [0.15, 0.2) is 0 Å². The summed E-state index contributed by atoms with van der Waals surface area (Å²) in [5.74, 6) is -0.859. The normalized spacial score (nSPS) is 19.3. The van der Waals surface area contributed by atoms with Crippen molar-refractivity contribution >= 4 is 12.0 Å². The van der Waals surface area contributed by atoms with E-state index >= 15 is 0 Å². The van der Waals surface area contributed by atoms with Crippen molar-refractivity contribution in [1.82, 2.24) is 9.80 Å². The summed E-state index contributed by atoms with van der Waals surface area (Å²) in [6.07, 6.45) is 3.09. The zero-order valence-corrected chi connectivity index (χ0v) is 11.6. The van der Waals surface area contributed by atoms with E-state index in [1.165, 1.54) is 0 Å². The summed E-state index contributed by atoms with van der Waals surface area (Å²) in [5, 5.41) is 8.74. The Bertz CT molecular complexity index is 305. The summed E-state index contributed by atoms with van der Waals surface area (Å²) in [5.41, 5.74) is 0. The Morgan fingerprint density at radius 3 is 2.61 bits per heavy atom. The number of carbonyl (C=O) groups is 2. The zero-order valence-electron chi connectivity index (χ0n) is 11.6. The Morgan fingerprint density at radius 2 is 2.11 bits per heavy atom. The summed E-state index contributed by atoms with van der Waals surface area (Å²) in [6, 6.07) is 0.356. The van der Waals surface area contributed by atoms with Gasteiger partial charge in [-0.3, -0.25) is 4.79 Å². The Kier molecular flexibility index (Phi) is 5.44. The van der Waals surface area contributed by atoms with Gasteiger partial charge in [0.05, 0.1) is 6.42 Å². The molecule has 1 heterocycles. The highest BCUT2D eigenvalue weighted by molar-refractivity contribution is 5.76. The molecule has 1 unspecified atom stereocenters. The minimum absolute atomic E-state index is 0.00407. The third kappa shape index (κ3) is 3.62. The predicted octanol–water partition coefficient (Wildman–Crippen LogP) is 2.17. The van der Waals surface area contributed by atoms with Crippen LogP contribution in [0.4, 0.5) is 4.79 Å². The largest absolute Gasteiger partial charge is 0.481 e. The van der Waals surface area contributed by atoms with Gasteiger partial charge in [0.1, 0.15) is 0 Å².